The normalized spacial score (nSPS) is 23.8. The molecule has 2 aliphatic carbocycles. The maximum absolute atomic E-state index is 14.2. The molecule has 246 valence electrons. The van der Waals surface area contributed by atoms with Gasteiger partial charge in [-0.1, -0.05) is 61.3 Å². The zero-order valence-corrected chi connectivity index (χ0v) is 27.3. The highest BCUT2D eigenvalue weighted by Crippen LogP contribution is 2.65. The molecule has 1 unspecified atom stereocenters. The van der Waals surface area contributed by atoms with E-state index in [2.05, 4.69) is 24.5 Å². The van der Waals surface area contributed by atoms with Crippen molar-refractivity contribution < 1.29 is 33.2 Å². The largest absolute Gasteiger partial charge is 0.363 e. The monoisotopic (exact) mass is 626 g/mol. The third-order valence-corrected chi connectivity index (χ3v) is 9.95. The van der Waals surface area contributed by atoms with E-state index in [0.717, 1.165) is 12.8 Å². The first kappa shape index (κ1) is 34.2. The molecule has 0 bridgehead atoms. The predicted molar refractivity (Wildman–Crippen MR) is 165 cm³/mol. The lowest BCUT2D eigenvalue weighted by Crippen LogP contribution is -2.61. The van der Waals surface area contributed by atoms with Crippen molar-refractivity contribution in [2.24, 2.45) is 46.2 Å². The number of carbonyl (C=O) groups excluding carboxylic acids is 6. The van der Waals surface area contributed by atoms with E-state index < -0.39 is 64.7 Å². The number of hydrogen-bond acceptors (Lipinski definition) is 6. The van der Waals surface area contributed by atoms with Gasteiger partial charge in [0, 0.05) is 24.4 Å². The number of halogens is 1. The molecule has 1 aromatic rings. The Labute approximate surface area is 264 Å². The summed E-state index contributed by atoms with van der Waals surface area (Å²) >= 11 is 0. The molecule has 3 fully saturated rings. The van der Waals surface area contributed by atoms with Gasteiger partial charge in [0.15, 0.2) is 11.6 Å². The molecule has 11 heteroatoms. The highest BCUT2D eigenvalue weighted by Gasteiger charge is 2.69. The van der Waals surface area contributed by atoms with E-state index in [-0.39, 0.29) is 46.9 Å². The Morgan fingerprint density at radius 1 is 1.02 bits per heavy atom. The Morgan fingerprint density at radius 3 is 2.13 bits per heavy atom. The number of Topliss-reactive ketones (excluding diaryl/α,β-unsaturated/α-hetero) is 3. The Balaban J connectivity index is 1.53. The Hall–Kier alpha value is -3.63. The summed E-state index contributed by atoms with van der Waals surface area (Å²) in [6, 6.07) is 1.57. The van der Waals surface area contributed by atoms with Crippen LogP contribution in [0.4, 0.5) is 9.18 Å². The quantitative estimate of drug-likeness (QED) is 0.224. The van der Waals surface area contributed by atoms with Gasteiger partial charge in [0.2, 0.25) is 11.7 Å². The smallest absolute Gasteiger partial charge is 0.316 e. The number of ketones is 3. The van der Waals surface area contributed by atoms with Crippen molar-refractivity contribution in [3.63, 3.8) is 0 Å². The zero-order chi connectivity index (χ0) is 33.6. The van der Waals surface area contributed by atoms with Crippen LogP contribution in [0.1, 0.15) is 84.5 Å². The second-order valence-corrected chi connectivity index (χ2v) is 15.2. The van der Waals surface area contributed by atoms with Crippen molar-refractivity contribution in [2.75, 3.05) is 6.54 Å². The van der Waals surface area contributed by atoms with Gasteiger partial charge in [-0.05, 0) is 65.2 Å². The van der Waals surface area contributed by atoms with Gasteiger partial charge in [0.1, 0.15) is 11.9 Å². The topological polar surface area (TPSA) is 156 Å². The van der Waals surface area contributed by atoms with Crippen LogP contribution in [0.5, 0.6) is 0 Å². The molecule has 3 aliphatic rings. The molecule has 4 amide bonds. The van der Waals surface area contributed by atoms with Gasteiger partial charge < -0.3 is 21.3 Å². The molecule has 1 aliphatic heterocycles. The molecular formula is C34H47FN4O6. The maximum Gasteiger partial charge on any atom is 0.316 e. The van der Waals surface area contributed by atoms with E-state index in [4.69, 9.17) is 5.73 Å². The fourth-order valence-corrected chi connectivity index (χ4v) is 6.94. The first-order chi connectivity index (χ1) is 20.8. The van der Waals surface area contributed by atoms with Crippen LogP contribution in [-0.4, -0.2) is 64.8 Å². The second-order valence-electron chi connectivity index (χ2n) is 15.2. The molecule has 0 radical (unpaired) electrons. The van der Waals surface area contributed by atoms with Crippen molar-refractivity contribution in [3.05, 3.63) is 35.6 Å². The number of amides is 4. The molecule has 45 heavy (non-hydrogen) atoms. The van der Waals surface area contributed by atoms with Crippen LogP contribution in [0.15, 0.2) is 24.3 Å². The number of urea groups is 1. The molecule has 1 saturated heterocycles. The standard InChI is InChI=1S/C34H47FN4O6/c1-17(2)25(27(41)19-10-12-21(35)13-11-19)37-32(45)38-29(33(3,4)5)31(44)39-16-22-24(34(22,6)7)26(39)23(40)15-20(14-18-8-9-18)28(42)30(36)43/h10-13,17-18,20,22,24-26,29H,8-9,14-16H2,1-7H3,(H2,36,43)(H2,37,38,45)/t20?,22-,24-,25-,26+,29+/m0/s1. The van der Waals surface area contributed by atoms with Crippen LogP contribution < -0.4 is 16.4 Å². The van der Waals surface area contributed by atoms with Crippen LogP contribution in [0.2, 0.25) is 0 Å². The van der Waals surface area contributed by atoms with Crippen molar-refractivity contribution in [2.45, 2.75) is 92.3 Å². The van der Waals surface area contributed by atoms with Crippen LogP contribution in [0.25, 0.3) is 0 Å². The number of fused-ring (bicyclic) bond motifs is 1. The van der Waals surface area contributed by atoms with Crippen LogP contribution in [0, 0.1) is 46.2 Å². The average Bonchev–Trinajstić information content (AvgIpc) is 3.80. The number of rotatable bonds is 13. The summed E-state index contributed by atoms with van der Waals surface area (Å²) in [7, 11) is 0. The summed E-state index contributed by atoms with van der Waals surface area (Å²) in [6.07, 6.45) is 2.14. The minimum absolute atomic E-state index is 0.0808. The van der Waals surface area contributed by atoms with E-state index in [1.807, 2.05) is 0 Å². The minimum Gasteiger partial charge on any atom is -0.363 e. The highest BCUT2D eigenvalue weighted by molar-refractivity contribution is 6.36. The average molecular weight is 627 g/mol. The summed E-state index contributed by atoms with van der Waals surface area (Å²) in [5, 5.41) is 5.48. The molecule has 1 heterocycles. The Kier molecular flexibility index (Phi) is 9.62. The van der Waals surface area contributed by atoms with Crippen LogP contribution in [0.3, 0.4) is 0 Å². The molecule has 1 aromatic carbocycles. The van der Waals surface area contributed by atoms with E-state index in [1.54, 1.807) is 34.6 Å². The predicted octanol–water partition coefficient (Wildman–Crippen LogP) is 3.66. The summed E-state index contributed by atoms with van der Waals surface area (Å²) < 4.78 is 13.4. The number of benzene rings is 1. The van der Waals surface area contributed by atoms with Gasteiger partial charge in [-0.3, -0.25) is 24.0 Å². The van der Waals surface area contributed by atoms with Crippen molar-refractivity contribution >= 4 is 35.2 Å². The second kappa shape index (κ2) is 12.6. The van der Waals surface area contributed by atoms with Crippen molar-refractivity contribution in [1.82, 2.24) is 15.5 Å². The third-order valence-electron chi connectivity index (χ3n) is 9.95. The van der Waals surface area contributed by atoms with E-state index in [0.29, 0.717) is 13.0 Å². The van der Waals surface area contributed by atoms with Crippen molar-refractivity contribution in [3.8, 4) is 0 Å². The fraction of sp³-hybridized carbons (Fsp3) is 0.647. The first-order valence-electron chi connectivity index (χ1n) is 15.9. The van der Waals surface area contributed by atoms with E-state index in [9.17, 15) is 33.2 Å². The SMILES string of the molecule is CC(C)[C@H](NC(=O)N[C@H](C(=O)N1C[C@H]2[C@@H]([C@H]1C(=O)CC(CC1CC1)C(=O)C(N)=O)C2(C)C)C(C)(C)C)C(=O)c1ccc(F)cc1. The maximum atomic E-state index is 14.2. The van der Waals surface area contributed by atoms with E-state index in [1.165, 1.54) is 29.2 Å². The number of likely N-dealkylation sites (tertiary alicyclic amines) is 1. The number of nitrogens with two attached hydrogens (primary N) is 1. The molecule has 6 atom stereocenters. The van der Waals surface area contributed by atoms with Gasteiger partial charge in [-0.25, -0.2) is 9.18 Å². The molecule has 10 nitrogen and oxygen atoms in total. The Bertz CT molecular complexity index is 1360. The van der Waals surface area contributed by atoms with Gasteiger partial charge in [-0.2, -0.15) is 0 Å². The Morgan fingerprint density at radius 2 is 1.62 bits per heavy atom. The van der Waals surface area contributed by atoms with Gasteiger partial charge in [-0.15, -0.1) is 0 Å². The van der Waals surface area contributed by atoms with Gasteiger partial charge >= 0.3 is 6.03 Å². The fourth-order valence-electron chi connectivity index (χ4n) is 6.94. The number of nitrogens with one attached hydrogen (secondary N) is 2. The summed E-state index contributed by atoms with van der Waals surface area (Å²) in [5.41, 5.74) is 4.61. The lowest BCUT2D eigenvalue weighted by Gasteiger charge is -2.38. The number of hydrogen-bond donors (Lipinski definition) is 3. The molecule has 0 aromatic heterocycles. The summed E-state index contributed by atoms with van der Waals surface area (Å²) in [4.78, 5) is 80.6. The number of piperidine rings is 1. The zero-order valence-electron chi connectivity index (χ0n) is 27.3. The minimum atomic E-state index is -1.06. The lowest BCUT2D eigenvalue weighted by atomic mass is 9.84. The van der Waals surface area contributed by atoms with Crippen LogP contribution >= 0.6 is 0 Å². The van der Waals surface area contributed by atoms with Gasteiger partial charge in [0.25, 0.3) is 5.91 Å². The highest BCUT2D eigenvalue weighted by atomic mass is 19.1. The number of nitrogens with zero attached hydrogens (tertiary/aromatic N) is 1. The van der Waals surface area contributed by atoms with Crippen LogP contribution in [-0.2, 0) is 19.2 Å². The van der Waals surface area contributed by atoms with Gasteiger partial charge in [0.05, 0.1) is 12.1 Å². The number of carbonyl (C=O) groups is 6. The van der Waals surface area contributed by atoms with Crippen molar-refractivity contribution in [1.29, 1.82) is 0 Å². The first-order valence-corrected chi connectivity index (χ1v) is 15.9. The molecule has 4 N–H and O–H groups in total. The summed E-state index contributed by atoms with van der Waals surface area (Å²) in [6.45, 7) is 13.4. The molecular weight excluding hydrogens is 579 g/mol. The summed E-state index contributed by atoms with van der Waals surface area (Å²) in [5.74, 6) is -4.24. The lowest BCUT2D eigenvalue weighted by molar-refractivity contribution is -0.144. The number of primary amides is 1. The molecule has 4 rings (SSSR count). The van der Waals surface area contributed by atoms with E-state index >= 15 is 0 Å². The molecule has 2 saturated carbocycles. The third kappa shape index (κ3) is 7.44. The molecule has 0 spiro atoms.